The van der Waals surface area contributed by atoms with Crippen LogP contribution in [0.15, 0.2) is 52.0 Å². The number of hydrogen-bond donors (Lipinski definition) is 3. The van der Waals surface area contributed by atoms with Gasteiger partial charge in [0.1, 0.15) is 0 Å². The highest BCUT2D eigenvalue weighted by atomic mass is 32.2. The summed E-state index contributed by atoms with van der Waals surface area (Å²) in [4.78, 5) is 23.7. The lowest BCUT2D eigenvalue weighted by Crippen LogP contribution is -2.32. The quantitative estimate of drug-likeness (QED) is 0.574. The smallest absolute Gasteiger partial charge is 0.287 e. The van der Waals surface area contributed by atoms with Crippen LogP contribution < -0.4 is 15.4 Å². The largest absolute Gasteiger partial charge is 0.459 e. The molecule has 8 nitrogen and oxygen atoms in total. The molecule has 1 heterocycles. The van der Waals surface area contributed by atoms with Crippen molar-refractivity contribution < 1.29 is 22.4 Å². The van der Waals surface area contributed by atoms with E-state index in [4.69, 9.17) is 4.42 Å². The number of benzene rings is 1. The number of sulfonamides is 1. The number of carbonyl (C=O) groups is 2. The molecule has 2 aromatic rings. The summed E-state index contributed by atoms with van der Waals surface area (Å²) in [6.45, 7) is 2.05. The molecule has 0 unspecified atom stereocenters. The van der Waals surface area contributed by atoms with Crippen LogP contribution in [0.3, 0.4) is 0 Å². The van der Waals surface area contributed by atoms with Gasteiger partial charge < -0.3 is 15.1 Å². The summed E-state index contributed by atoms with van der Waals surface area (Å²) in [6, 6.07) is 8.95. The van der Waals surface area contributed by atoms with Crippen molar-refractivity contribution in [2.24, 2.45) is 0 Å². The Hall–Kier alpha value is -2.65. The van der Waals surface area contributed by atoms with E-state index in [1.54, 1.807) is 12.1 Å². The van der Waals surface area contributed by atoms with Gasteiger partial charge in [-0.1, -0.05) is 19.4 Å². The monoisotopic (exact) mass is 379 g/mol. The third-order valence-corrected chi connectivity index (χ3v) is 4.86. The van der Waals surface area contributed by atoms with Crippen molar-refractivity contribution >= 4 is 27.5 Å². The molecule has 0 aliphatic rings. The molecule has 9 heteroatoms. The molecule has 26 heavy (non-hydrogen) atoms. The van der Waals surface area contributed by atoms with Gasteiger partial charge in [-0.3, -0.25) is 9.59 Å². The highest BCUT2D eigenvalue weighted by Crippen LogP contribution is 2.15. The van der Waals surface area contributed by atoms with Crippen LogP contribution in [0.25, 0.3) is 0 Å². The van der Waals surface area contributed by atoms with E-state index in [9.17, 15) is 18.0 Å². The molecule has 0 aliphatic carbocycles. The molecule has 1 aromatic heterocycles. The first-order chi connectivity index (χ1) is 12.4. The summed E-state index contributed by atoms with van der Waals surface area (Å²) < 4.78 is 31.8. The highest BCUT2D eigenvalue weighted by Gasteiger charge is 2.15. The van der Waals surface area contributed by atoms with Crippen LogP contribution in [0, 0.1) is 0 Å². The maximum atomic E-state index is 12.2. The standard InChI is InChI=1S/C17H21N3O5S/c1-2-3-9-19-26(23,24)14-7-4-6-13(11-14)20-16(21)12-18-17(22)15-8-5-10-25-15/h4-8,10-11,19H,2-3,9,12H2,1H3,(H,18,22)(H,20,21). The minimum absolute atomic E-state index is 0.0611. The molecule has 3 N–H and O–H groups in total. The number of anilines is 1. The number of furan rings is 1. The first-order valence-corrected chi connectivity index (χ1v) is 9.62. The van der Waals surface area contributed by atoms with Crippen molar-refractivity contribution in [1.82, 2.24) is 10.0 Å². The van der Waals surface area contributed by atoms with Gasteiger partial charge in [0, 0.05) is 12.2 Å². The summed E-state index contributed by atoms with van der Waals surface area (Å²) in [6.07, 6.45) is 2.98. The number of nitrogens with one attached hydrogen (secondary N) is 3. The van der Waals surface area contributed by atoms with E-state index in [-0.39, 0.29) is 17.2 Å². The minimum atomic E-state index is -3.63. The second-order valence-corrected chi connectivity index (χ2v) is 7.25. The van der Waals surface area contributed by atoms with Gasteiger partial charge >= 0.3 is 0 Å². The van der Waals surface area contributed by atoms with Crippen molar-refractivity contribution in [1.29, 1.82) is 0 Å². The van der Waals surface area contributed by atoms with Gasteiger partial charge in [-0.25, -0.2) is 13.1 Å². The fraction of sp³-hybridized carbons (Fsp3) is 0.294. The van der Waals surface area contributed by atoms with Gasteiger partial charge in [-0.05, 0) is 36.8 Å². The van der Waals surface area contributed by atoms with E-state index < -0.39 is 21.8 Å². The summed E-state index contributed by atoms with van der Waals surface area (Å²) in [7, 11) is -3.63. The molecule has 2 rings (SSSR count). The third kappa shape index (κ3) is 5.71. The zero-order valence-corrected chi connectivity index (χ0v) is 15.1. The normalized spacial score (nSPS) is 11.1. The van der Waals surface area contributed by atoms with Gasteiger partial charge in [-0.15, -0.1) is 0 Å². The maximum absolute atomic E-state index is 12.2. The molecule has 0 spiro atoms. The summed E-state index contributed by atoms with van der Waals surface area (Å²) in [5.41, 5.74) is 0.320. The Morgan fingerprint density at radius 3 is 2.65 bits per heavy atom. The van der Waals surface area contributed by atoms with Crippen molar-refractivity contribution in [2.45, 2.75) is 24.7 Å². The van der Waals surface area contributed by atoms with Crippen LogP contribution in [0.2, 0.25) is 0 Å². The second-order valence-electron chi connectivity index (χ2n) is 5.49. The van der Waals surface area contributed by atoms with E-state index in [0.717, 1.165) is 12.8 Å². The Kier molecular flexibility index (Phi) is 6.93. The van der Waals surface area contributed by atoms with Crippen LogP contribution in [0.5, 0.6) is 0 Å². The lowest BCUT2D eigenvalue weighted by Gasteiger charge is -2.09. The number of unbranched alkanes of at least 4 members (excludes halogenated alkanes) is 1. The van der Waals surface area contributed by atoms with Gasteiger partial charge in [-0.2, -0.15) is 0 Å². The Morgan fingerprint density at radius 1 is 1.15 bits per heavy atom. The van der Waals surface area contributed by atoms with Crippen molar-refractivity contribution in [2.75, 3.05) is 18.4 Å². The summed E-state index contributed by atoms with van der Waals surface area (Å²) in [5, 5.41) is 4.95. The maximum Gasteiger partial charge on any atom is 0.287 e. The van der Waals surface area contributed by atoms with Crippen LogP contribution in [-0.4, -0.2) is 33.3 Å². The van der Waals surface area contributed by atoms with Crippen molar-refractivity contribution in [3.63, 3.8) is 0 Å². The molecule has 0 saturated heterocycles. The number of rotatable bonds is 9. The van der Waals surface area contributed by atoms with Gasteiger partial charge in [0.15, 0.2) is 5.76 Å². The lowest BCUT2D eigenvalue weighted by atomic mass is 10.3. The fourth-order valence-electron chi connectivity index (χ4n) is 2.07. The van der Waals surface area contributed by atoms with Gasteiger partial charge in [0.25, 0.3) is 5.91 Å². The van der Waals surface area contributed by atoms with Crippen LogP contribution in [0.4, 0.5) is 5.69 Å². The van der Waals surface area contributed by atoms with E-state index in [2.05, 4.69) is 15.4 Å². The molecule has 0 aliphatic heterocycles. The van der Waals surface area contributed by atoms with Crippen LogP contribution in [-0.2, 0) is 14.8 Å². The second kappa shape index (κ2) is 9.16. The van der Waals surface area contributed by atoms with Crippen LogP contribution in [0.1, 0.15) is 30.3 Å². The summed E-state index contributed by atoms with van der Waals surface area (Å²) in [5.74, 6) is -0.899. The minimum Gasteiger partial charge on any atom is -0.459 e. The molecular weight excluding hydrogens is 358 g/mol. The highest BCUT2D eigenvalue weighted by molar-refractivity contribution is 7.89. The predicted octanol–water partition coefficient (Wildman–Crippen LogP) is 1.73. The SMILES string of the molecule is CCCCNS(=O)(=O)c1cccc(NC(=O)CNC(=O)c2ccco2)c1. The lowest BCUT2D eigenvalue weighted by molar-refractivity contribution is -0.115. The molecular formula is C17H21N3O5S. The molecule has 140 valence electrons. The molecule has 0 bridgehead atoms. The molecule has 2 amide bonds. The topological polar surface area (TPSA) is 118 Å². The van der Waals surface area contributed by atoms with E-state index in [0.29, 0.717) is 12.2 Å². The van der Waals surface area contributed by atoms with Crippen LogP contribution >= 0.6 is 0 Å². The Balaban J connectivity index is 1.93. The molecule has 0 radical (unpaired) electrons. The van der Waals surface area contributed by atoms with E-state index >= 15 is 0 Å². The Labute approximate surface area is 152 Å². The number of hydrogen-bond acceptors (Lipinski definition) is 5. The zero-order chi connectivity index (χ0) is 19.0. The Morgan fingerprint density at radius 2 is 1.96 bits per heavy atom. The van der Waals surface area contributed by atoms with E-state index in [1.807, 2.05) is 6.92 Å². The molecule has 0 atom stereocenters. The first kappa shape index (κ1) is 19.7. The van der Waals surface area contributed by atoms with Gasteiger partial charge in [0.05, 0.1) is 17.7 Å². The van der Waals surface area contributed by atoms with Crippen molar-refractivity contribution in [3.8, 4) is 0 Å². The average molecular weight is 379 g/mol. The number of carbonyl (C=O) groups excluding carboxylic acids is 2. The fourth-order valence-corrected chi connectivity index (χ4v) is 3.19. The predicted molar refractivity (Wildman–Crippen MR) is 96.2 cm³/mol. The molecule has 0 saturated carbocycles. The summed E-state index contributed by atoms with van der Waals surface area (Å²) >= 11 is 0. The Bertz CT molecular complexity index is 847. The first-order valence-electron chi connectivity index (χ1n) is 8.13. The average Bonchev–Trinajstić information content (AvgIpc) is 3.15. The third-order valence-electron chi connectivity index (χ3n) is 3.40. The molecule has 1 aromatic carbocycles. The van der Waals surface area contributed by atoms with Crippen molar-refractivity contribution in [3.05, 3.63) is 48.4 Å². The number of amides is 2. The molecule has 0 fully saturated rings. The zero-order valence-electron chi connectivity index (χ0n) is 14.3. The van der Waals surface area contributed by atoms with Gasteiger partial charge in [0.2, 0.25) is 15.9 Å². The van der Waals surface area contributed by atoms with E-state index in [1.165, 1.54) is 30.5 Å².